The third kappa shape index (κ3) is 3.53. The molecule has 0 spiro atoms. The Bertz CT molecular complexity index is 276. The second kappa shape index (κ2) is 4.57. The quantitative estimate of drug-likeness (QED) is 0.609. The van der Waals surface area contributed by atoms with Gasteiger partial charge in [-0.05, 0) is 26.7 Å². The summed E-state index contributed by atoms with van der Waals surface area (Å²) in [6.45, 7) is 3.57. The first kappa shape index (κ1) is 11.9. The van der Waals surface area contributed by atoms with E-state index in [1.807, 2.05) is 0 Å². The van der Waals surface area contributed by atoms with Gasteiger partial charge in [0.15, 0.2) is 0 Å². The van der Waals surface area contributed by atoms with E-state index in [0.717, 1.165) is 19.3 Å². The zero-order chi connectivity index (χ0) is 10.8. The molecule has 14 heavy (non-hydrogen) atoms. The predicted octanol–water partition coefficient (Wildman–Crippen LogP) is -0.301. The molecular formula is C8H19N3O2S. The maximum absolute atomic E-state index is 11.5. The Kier molecular flexibility index (Phi) is 3.88. The second-order valence-corrected chi connectivity index (χ2v) is 5.57. The zero-order valence-electron chi connectivity index (χ0n) is 8.66. The Balaban J connectivity index is 2.50. The topological polar surface area (TPSA) is 84.2 Å². The van der Waals surface area contributed by atoms with Gasteiger partial charge >= 0.3 is 0 Å². The fourth-order valence-electron chi connectivity index (χ4n) is 1.68. The maximum Gasteiger partial charge on any atom is 0.277 e. The molecule has 5 nitrogen and oxygen atoms in total. The van der Waals surface area contributed by atoms with E-state index in [4.69, 9.17) is 5.73 Å². The number of hydrogen-bond donors (Lipinski definition) is 3. The van der Waals surface area contributed by atoms with Gasteiger partial charge in [-0.25, -0.2) is 0 Å². The smallest absolute Gasteiger partial charge is 0.277 e. The van der Waals surface area contributed by atoms with Crippen molar-refractivity contribution in [2.45, 2.75) is 51.2 Å². The average Bonchev–Trinajstić information content (AvgIpc) is 2.32. The molecule has 1 rings (SSSR count). The van der Waals surface area contributed by atoms with Gasteiger partial charge in [-0.15, -0.1) is 0 Å². The van der Waals surface area contributed by atoms with Crippen LogP contribution in [0.5, 0.6) is 0 Å². The molecule has 0 bridgehead atoms. The normalized spacial score (nSPS) is 28.6. The first-order valence-electron chi connectivity index (χ1n) is 4.96. The summed E-state index contributed by atoms with van der Waals surface area (Å²) in [4.78, 5) is 0. The predicted molar refractivity (Wildman–Crippen MR) is 55.9 cm³/mol. The summed E-state index contributed by atoms with van der Waals surface area (Å²) < 4.78 is 28.0. The van der Waals surface area contributed by atoms with Crippen LogP contribution in [0, 0.1) is 0 Å². The molecule has 1 aliphatic rings. The Morgan fingerprint density at radius 2 is 2.00 bits per heavy atom. The summed E-state index contributed by atoms with van der Waals surface area (Å²) >= 11 is 0. The molecule has 4 N–H and O–H groups in total. The van der Waals surface area contributed by atoms with Gasteiger partial charge in [-0.3, -0.25) is 0 Å². The molecule has 0 amide bonds. The van der Waals surface area contributed by atoms with Crippen molar-refractivity contribution in [2.75, 3.05) is 0 Å². The minimum Gasteiger partial charge on any atom is -0.326 e. The van der Waals surface area contributed by atoms with E-state index in [1.165, 1.54) is 0 Å². The molecule has 1 aliphatic carbocycles. The molecular weight excluding hydrogens is 202 g/mol. The van der Waals surface area contributed by atoms with Crippen molar-refractivity contribution >= 4 is 10.2 Å². The summed E-state index contributed by atoms with van der Waals surface area (Å²) in [6, 6.07) is -0.241. The lowest BCUT2D eigenvalue weighted by Gasteiger charge is -2.18. The third-order valence-corrected chi connectivity index (χ3v) is 3.66. The van der Waals surface area contributed by atoms with Crippen LogP contribution < -0.4 is 15.2 Å². The minimum absolute atomic E-state index is 0.0428. The maximum atomic E-state index is 11.5. The van der Waals surface area contributed by atoms with Crippen LogP contribution in [0.15, 0.2) is 0 Å². The number of rotatable bonds is 4. The molecule has 0 saturated heterocycles. The molecule has 1 saturated carbocycles. The van der Waals surface area contributed by atoms with Gasteiger partial charge in [0.1, 0.15) is 0 Å². The first-order valence-corrected chi connectivity index (χ1v) is 6.44. The lowest BCUT2D eigenvalue weighted by molar-refractivity contribution is 0.507. The summed E-state index contributed by atoms with van der Waals surface area (Å²) in [7, 11) is -3.38. The van der Waals surface area contributed by atoms with Gasteiger partial charge in [0.25, 0.3) is 10.2 Å². The fourth-order valence-corrected chi connectivity index (χ4v) is 3.06. The SMILES string of the molecule is CC(C)NS(=O)(=O)NC1CCCC1N. The van der Waals surface area contributed by atoms with Gasteiger partial charge in [0.2, 0.25) is 0 Å². The molecule has 1 fully saturated rings. The largest absolute Gasteiger partial charge is 0.326 e. The van der Waals surface area contributed by atoms with Gasteiger partial charge in [0, 0.05) is 18.1 Å². The molecule has 0 aromatic heterocycles. The monoisotopic (exact) mass is 221 g/mol. The standard InChI is InChI=1S/C8H19N3O2S/c1-6(2)10-14(12,13)11-8-5-3-4-7(8)9/h6-8,10-11H,3-5,9H2,1-2H3. The lowest BCUT2D eigenvalue weighted by atomic mass is 10.2. The molecule has 0 radical (unpaired) electrons. The second-order valence-electron chi connectivity index (χ2n) is 4.10. The van der Waals surface area contributed by atoms with Crippen LogP contribution in [0.2, 0.25) is 0 Å². The van der Waals surface area contributed by atoms with Crippen molar-refractivity contribution in [2.24, 2.45) is 5.73 Å². The molecule has 0 aromatic carbocycles. The van der Waals surface area contributed by atoms with E-state index in [9.17, 15) is 8.42 Å². The van der Waals surface area contributed by atoms with Crippen molar-refractivity contribution in [1.29, 1.82) is 0 Å². The molecule has 84 valence electrons. The number of nitrogens with two attached hydrogens (primary N) is 1. The molecule has 0 aromatic rings. The Morgan fingerprint density at radius 1 is 1.36 bits per heavy atom. The van der Waals surface area contributed by atoms with Crippen LogP contribution in [0.4, 0.5) is 0 Å². The van der Waals surface area contributed by atoms with Crippen LogP contribution >= 0.6 is 0 Å². The van der Waals surface area contributed by atoms with Crippen molar-refractivity contribution in [3.8, 4) is 0 Å². The summed E-state index contributed by atoms with van der Waals surface area (Å²) in [6.07, 6.45) is 2.73. The van der Waals surface area contributed by atoms with E-state index >= 15 is 0 Å². The molecule has 0 aliphatic heterocycles. The lowest BCUT2D eigenvalue weighted by Crippen LogP contribution is -2.49. The van der Waals surface area contributed by atoms with Crippen molar-refractivity contribution < 1.29 is 8.42 Å². The van der Waals surface area contributed by atoms with Gasteiger partial charge in [-0.2, -0.15) is 17.9 Å². The zero-order valence-corrected chi connectivity index (χ0v) is 9.47. The highest BCUT2D eigenvalue weighted by atomic mass is 32.2. The summed E-state index contributed by atoms with van der Waals surface area (Å²) in [5.41, 5.74) is 5.76. The van der Waals surface area contributed by atoms with E-state index in [0.29, 0.717) is 0 Å². The van der Waals surface area contributed by atoms with Crippen molar-refractivity contribution in [3.05, 3.63) is 0 Å². The Morgan fingerprint density at radius 3 is 2.43 bits per heavy atom. The Labute approximate surface area is 85.6 Å². The highest BCUT2D eigenvalue weighted by molar-refractivity contribution is 7.87. The van der Waals surface area contributed by atoms with Crippen molar-refractivity contribution in [1.82, 2.24) is 9.44 Å². The van der Waals surface area contributed by atoms with Gasteiger partial charge < -0.3 is 5.73 Å². The first-order chi connectivity index (χ1) is 6.41. The average molecular weight is 221 g/mol. The highest BCUT2D eigenvalue weighted by Gasteiger charge is 2.27. The summed E-state index contributed by atoms with van der Waals surface area (Å²) in [5, 5.41) is 0. The molecule has 2 unspecified atom stereocenters. The van der Waals surface area contributed by atoms with E-state index in [1.54, 1.807) is 13.8 Å². The van der Waals surface area contributed by atoms with Crippen LogP contribution in [0.3, 0.4) is 0 Å². The molecule has 2 atom stereocenters. The van der Waals surface area contributed by atoms with Crippen LogP contribution in [0.1, 0.15) is 33.1 Å². The van der Waals surface area contributed by atoms with Gasteiger partial charge in [0.05, 0.1) is 0 Å². The van der Waals surface area contributed by atoms with E-state index in [2.05, 4.69) is 9.44 Å². The van der Waals surface area contributed by atoms with E-state index in [-0.39, 0.29) is 18.1 Å². The third-order valence-electron chi connectivity index (χ3n) is 2.27. The van der Waals surface area contributed by atoms with Crippen molar-refractivity contribution in [3.63, 3.8) is 0 Å². The number of nitrogens with one attached hydrogen (secondary N) is 2. The number of hydrogen-bond acceptors (Lipinski definition) is 3. The molecule has 6 heteroatoms. The molecule has 0 heterocycles. The summed E-state index contributed by atoms with van der Waals surface area (Å²) in [5.74, 6) is 0. The Hall–Kier alpha value is -0.170. The fraction of sp³-hybridized carbons (Fsp3) is 1.00. The van der Waals surface area contributed by atoms with Crippen LogP contribution in [-0.2, 0) is 10.2 Å². The van der Waals surface area contributed by atoms with Gasteiger partial charge in [-0.1, -0.05) is 6.42 Å². The van der Waals surface area contributed by atoms with E-state index < -0.39 is 10.2 Å². The highest BCUT2D eigenvalue weighted by Crippen LogP contribution is 2.17. The van der Waals surface area contributed by atoms with Crippen LogP contribution in [-0.4, -0.2) is 26.5 Å². The minimum atomic E-state index is -3.38. The van der Waals surface area contributed by atoms with Crippen LogP contribution in [0.25, 0.3) is 0 Å².